The van der Waals surface area contributed by atoms with Crippen molar-refractivity contribution in [1.29, 1.82) is 0 Å². The van der Waals surface area contributed by atoms with Crippen LogP contribution in [0.1, 0.15) is 19.3 Å². The van der Waals surface area contributed by atoms with E-state index >= 15 is 0 Å². The maximum Gasteiger partial charge on any atom is 0.0945 e. The summed E-state index contributed by atoms with van der Waals surface area (Å²) in [5, 5.41) is 12.6. The van der Waals surface area contributed by atoms with E-state index in [0.29, 0.717) is 6.04 Å². The first-order valence-corrected chi connectivity index (χ1v) is 6.91. The molecular weight excluding hydrogens is 228 g/mol. The Hall–Kier alpha value is -0.910. The van der Waals surface area contributed by atoms with Gasteiger partial charge in [-0.2, -0.15) is 0 Å². The summed E-state index contributed by atoms with van der Waals surface area (Å²) in [5.41, 5.74) is 0. The Morgan fingerprint density at radius 2 is 2.39 bits per heavy atom. The number of aromatic nitrogens is 2. The zero-order valence-corrected chi connectivity index (χ0v) is 11.0. The molecule has 1 aliphatic rings. The molecule has 1 atom stereocenters. The minimum atomic E-state index is 0.248. The van der Waals surface area contributed by atoms with Crippen LogP contribution in [0, 0.1) is 0 Å². The van der Waals surface area contributed by atoms with E-state index in [1.165, 1.54) is 12.8 Å². The Morgan fingerprint density at radius 1 is 1.44 bits per heavy atom. The molecular formula is C13H24N4O. The predicted octanol–water partition coefficient (Wildman–Crippen LogP) is 0.319. The van der Waals surface area contributed by atoms with Gasteiger partial charge in [-0.15, -0.1) is 0 Å². The van der Waals surface area contributed by atoms with Gasteiger partial charge in [0, 0.05) is 38.1 Å². The first kappa shape index (κ1) is 13.5. The standard InChI is InChI=1S/C13H24N4O/c18-10-9-16(11-13-3-1-4-15-13)6-2-7-17-8-5-14-12-17/h5,8,12-13,15,18H,1-4,6-7,9-11H2. The van der Waals surface area contributed by atoms with Crippen molar-refractivity contribution in [2.24, 2.45) is 0 Å². The van der Waals surface area contributed by atoms with Gasteiger partial charge in [0.15, 0.2) is 0 Å². The van der Waals surface area contributed by atoms with Crippen molar-refractivity contribution < 1.29 is 5.11 Å². The summed E-state index contributed by atoms with van der Waals surface area (Å²) in [5.74, 6) is 0. The van der Waals surface area contributed by atoms with Crippen molar-refractivity contribution in [3.8, 4) is 0 Å². The molecule has 0 amide bonds. The van der Waals surface area contributed by atoms with Crippen molar-refractivity contribution in [3.05, 3.63) is 18.7 Å². The summed E-state index contributed by atoms with van der Waals surface area (Å²) in [7, 11) is 0. The molecule has 1 fully saturated rings. The van der Waals surface area contributed by atoms with Gasteiger partial charge in [-0.3, -0.25) is 4.90 Å². The van der Waals surface area contributed by atoms with Crippen LogP contribution < -0.4 is 5.32 Å². The van der Waals surface area contributed by atoms with Crippen LogP contribution in [0.15, 0.2) is 18.7 Å². The summed E-state index contributed by atoms with van der Waals surface area (Å²) < 4.78 is 2.10. The molecule has 0 aromatic carbocycles. The summed E-state index contributed by atoms with van der Waals surface area (Å²) in [6.07, 6.45) is 9.32. The normalized spacial score (nSPS) is 19.8. The topological polar surface area (TPSA) is 53.3 Å². The Balaban J connectivity index is 1.68. The highest BCUT2D eigenvalue weighted by atomic mass is 16.3. The highest BCUT2D eigenvalue weighted by molar-refractivity contribution is 4.78. The summed E-state index contributed by atoms with van der Waals surface area (Å²) in [6.45, 7) is 5.27. The molecule has 0 saturated carbocycles. The average molecular weight is 252 g/mol. The first-order valence-electron chi connectivity index (χ1n) is 6.91. The lowest BCUT2D eigenvalue weighted by Gasteiger charge is -2.24. The zero-order chi connectivity index (χ0) is 12.6. The highest BCUT2D eigenvalue weighted by Gasteiger charge is 2.17. The van der Waals surface area contributed by atoms with Gasteiger partial charge in [-0.25, -0.2) is 4.98 Å². The number of aliphatic hydroxyl groups excluding tert-OH is 1. The van der Waals surface area contributed by atoms with Gasteiger partial charge in [-0.1, -0.05) is 0 Å². The van der Waals surface area contributed by atoms with Crippen molar-refractivity contribution in [1.82, 2.24) is 19.8 Å². The van der Waals surface area contributed by atoms with Crippen LogP contribution in [0.25, 0.3) is 0 Å². The second-order valence-corrected chi connectivity index (χ2v) is 4.97. The van der Waals surface area contributed by atoms with Gasteiger partial charge < -0.3 is 15.0 Å². The number of imidazole rings is 1. The fourth-order valence-electron chi connectivity index (χ4n) is 2.56. The molecule has 1 saturated heterocycles. The Bertz CT molecular complexity index is 309. The van der Waals surface area contributed by atoms with Crippen LogP contribution >= 0.6 is 0 Å². The number of nitrogens with zero attached hydrogens (tertiary/aromatic N) is 3. The molecule has 5 heteroatoms. The Kier molecular flexibility index (Phi) is 5.64. The monoisotopic (exact) mass is 252 g/mol. The minimum absolute atomic E-state index is 0.248. The van der Waals surface area contributed by atoms with E-state index in [-0.39, 0.29) is 6.61 Å². The van der Waals surface area contributed by atoms with Gasteiger partial charge in [0.05, 0.1) is 12.9 Å². The van der Waals surface area contributed by atoms with E-state index in [2.05, 4.69) is 19.8 Å². The SMILES string of the molecule is OCCN(CCCn1ccnc1)CC1CCCN1. The first-order chi connectivity index (χ1) is 8.88. The fourth-order valence-corrected chi connectivity index (χ4v) is 2.56. The third kappa shape index (κ3) is 4.40. The lowest BCUT2D eigenvalue weighted by molar-refractivity contribution is 0.181. The average Bonchev–Trinajstić information content (AvgIpc) is 3.02. The van der Waals surface area contributed by atoms with Gasteiger partial charge in [0.25, 0.3) is 0 Å². The third-order valence-electron chi connectivity index (χ3n) is 3.51. The van der Waals surface area contributed by atoms with Crippen LogP contribution in [-0.2, 0) is 6.54 Å². The van der Waals surface area contributed by atoms with Crippen LogP contribution in [-0.4, -0.2) is 58.4 Å². The largest absolute Gasteiger partial charge is 0.395 e. The van der Waals surface area contributed by atoms with Crippen LogP contribution in [0.5, 0.6) is 0 Å². The Labute approximate surface area is 109 Å². The van der Waals surface area contributed by atoms with Crippen LogP contribution in [0.3, 0.4) is 0 Å². The summed E-state index contributed by atoms with van der Waals surface area (Å²) in [6, 6.07) is 0.616. The molecule has 0 bridgehead atoms. The van der Waals surface area contributed by atoms with E-state index in [4.69, 9.17) is 5.11 Å². The summed E-state index contributed by atoms with van der Waals surface area (Å²) in [4.78, 5) is 6.40. The smallest absolute Gasteiger partial charge is 0.0945 e. The van der Waals surface area contributed by atoms with Crippen molar-refractivity contribution in [3.63, 3.8) is 0 Å². The molecule has 0 spiro atoms. The van der Waals surface area contributed by atoms with Gasteiger partial charge in [0.1, 0.15) is 0 Å². The third-order valence-corrected chi connectivity index (χ3v) is 3.51. The van der Waals surface area contributed by atoms with Gasteiger partial charge in [0.2, 0.25) is 0 Å². The number of hydrogen-bond acceptors (Lipinski definition) is 4. The van der Waals surface area contributed by atoms with E-state index in [1.807, 2.05) is 18.7 Å². The van der Waals surface area contributed by atoms with E-state index < -0.39 is 0 Å². The molecule has 2 rings (SSSR count). The number of aliphatic hydroxyl groups is 1. The van der Waals surface area contributed by atoms with Gasteiger partial charge in [-0.05, 0) is 32.4 Å². The molecule has 1 unspecified atom stereocenters. The maximum absolute atomic E-state index is 9.12. The van der Waals surface area contributed by atoms with Crippen molar-refractivity contribution in [2.45, 2.75) is 31.8 Å². The predicted molar refractivity (Wildman–Crippen MR) is 71.4 cm³/mol. The molecule has 102 valence electrons. The van der Waals surface area contributed by atoms with Crippen molar-refractivity contribution in [2.75, 3.05) is 32.8 Å². The van der Waals surface area contributed by atoms with E-state index in [0.717, 1.165) is 39.1 Å². The second-order valence-electron chi connectivity index (χ2n) is 4.97. The number of aryl methyl sites for hydroxylation is 1. The molecule has 0 aliphatic carbocycles. The molecule has 5 nitrogen and oxygen atoms in total. The Morgan fingerprint density at radius 3 is 3.06 bits per heavy atom. The summed E-state index contributed by atoms with van der Waals surface area (Å²) >= 11 is 0. The molecule has 1 aliphatic heterocycles. The molecule has 0 radical (unpaired) electrons. The van der Waals surface area contributed by atoms with Crippen LogP contribution in [0.2, 0.25) is 0 Å². The fraction of sp³-hybridized carbons (Fsp3) is 0.769. The number of nitrogens with one attached hydrogen (secondary N) is 1. The molecule has 18 heavy (non-hydrogen) atoms. The minimum Gasteiger partial charge on any atom is -0.395 e. The lowest BCUT2D eigenvalue weighted by Crippen LogP contribution is -2.39. The second kappa shape index (κ2) is 7.51. The highest BCUT2D eigenvalue weighted by Crippen LogP contribution is 2.07. The van der Waals surface area contributed by atoms with E-state index in [1.54, 1.807) is 0 Å². The molecule has 1 aromatic rings. The molecule has 2 heterocycles. The molecule has 1 aromatic heterocycles. The maximum atomic E-state index is 9.12. The van der Waals surface area contributed by atoms with E-state index in [9.17, 15) is 0 Å². The quantitative estimate of drug-likeness (QED) is 0.699. The number of hydrogen-bond donors (Lipinski definition) is 2. The van der Waals surface area contributed by atoms with Crippen molar-refractivity contribution >= 4 is 0 Å². The number of rotatable bonds is 8. The lowest BCUT2D eigenvalue weighted by atomic mass is 10.2. The van der Waals surface area contributed by atoms with Gasteiger partial charge >= 0.3 is 0 Å². The zero-order valence-electron chi connectivity index (χ0n) is 11.0. The molecule has 2 N–H and O–H groups in total. The van der Waals surface area contributed by atoms with Crippen LogP contribution in [0.4, 0.5) is 0 Å².